The number of aryl methyl sites for hydroxylation is 1. The van der Waals surface area contributed by atoms with Crippen molar-refractivity contribution in [1.82, 2.24) is 9.47 Å². The Morgan fingerprint density at radius 2 is 1.62 bits per heavy atom. The van der Waals surface area contributed by atoms with E-state index in [1.54, 1.807) is 6.07 Å². The van der Waals surface area contributed by atoms with Crippen LogP contribution in [0.2, 0.25) is 0 Å². The molecule has 0 radical (unpaired) electrons. The monoisotopic (exact) mass is 458 g/mol. The molecule has 1 aromatic heterocycles. The van der Waals surface area contributed by atoms with Gasteiger partial charge >= 0.3 is 0 Å². The average molecular weight is 459 g/mol. The zero-order valence-electron chi connectivity index (χ0n) is 19.5. The molecule has 0 saturated carbocycles. The van der Waals surface area contributed by atoms with Crippen LogP contribution in [0.5, 0.6) is 5.75 Å². The normalized spacial score (nSPS) is 12.1. The first-order valence-corrected chi connectivity index (χ1v) is 11.6. The van der Waals surface area contributed by atoms with Gasteiger partial charge in [0.2, 0.25) is 0 Å². The maximum Gasteiger partial charge on any atom is 0.128 e. The molecule has 176 valence electrons. The first kappa shape index (κ1) is 23.7. The minimum atomic E-state index is -0.654. The zero-order valence-corrected chi connectivity index (χ0v) is 19.5. The number of para-hydroxylation sites is 1. The number of nitrogens with zero attached hydrogens (tertiary/aromatic N) is 2. The van der Waals surface area contributed by atoms with Gasteiger partial charge in [0, 0.05) is 37.1 Å². The van der Waals surface area contributed by atoms with Crippen LogP contribution >= 0.6 is 0 Å². The van der Waals surface area contributed by atoms with Crippen LogP contribution in [0.4, 0.5) is 4.39 Å². The Morgan fingerprint density at radius 1 is 0.882 bits per heavy atom. The summed E-state index contributed by atoms with van der Waals surface area (Å²) in [4.78, 5) is 2.20. The third-order valence-corrected chi connectivity index (χ3v) is 5.85. The van der Waals surface area contributed by atoms with E-state index >= 15 is 0 Å². The first-order chi connectivity index (χ1) is 16.6. The average Bonchev–Trinajstić information content (AvgIpc) is 3.27. The van der Waals surface area contributed by atoms with E-state index in [-0.39, 0.29) is 12.4 Å². The van der Waals surface area contributed by atoms with Crippen LogP contribution < -0.4 is 4.74 Å². The van der Waals surface area contributed by atoms with E-state index in [1.165, 1.54) is 11.6 Å². The lowest BCUT2D eigenvalue weighted by atomic mass is 10.2. The maximum absolute atomic E-state index is 14.2. The minimum Gasteiger partial charge on any atom is -0.491 e. The van der Waals surface area contributed by atoms with E-state index in [4.69, 9.17) is 4.74 Å². The SMILES string of the molecule is Cc1ccccc1OCC(O)CN(Cc1ccccc1)Cc1cccn1Cc1ccccc1F. The van der Waals surface area contributed by atoms with E-state index in [9.17, 15) is 9.50 Å². The highest BCUT2D eigenvalue weighted by molar-refractivity contribution is 5.31. The summed E-state index contributed by atoms with van der Waals surface area (Å²) in [6, 6.07) is 28.9. The molecule has 4 rings (SSSR count). The summed E-state index contributed by atoms with van der Waals surface area (Å²) in [7, 11) is 0. The van der Waals surface area contributed by atoms with Gasteiger partial charge in [0.1, 0.15) is 24.3 Å². The van der Waals surface area contributed by atoms with Gasteiger partial charge in [-0.05, 0) is 42.3 Å². The molecule has 0 aliphatic carbocycles. The van der Waals surface area contributed by atoms with E-state index < -0.39 is 6.10 Å². The van der Waals surface area contributed by atoms with Crippen LogP contribution in [0, 0.1) is 12.7 Å². The Balaban J connectivity index is 1.45. The van der Waals surface area contributed by atoms with Crippen LogP contribution in [0.25, 0.3) is 0 Å². The van der Waals surface area contributed by atoms with Gasteiger partial charge in [-0.1, -0.05) is 66.7 Å². The predicted octanol–water partition coefficient (Wildman–Crippen LogP) is 5.43. The first-order valence-electron chi connectivity index (χ1n) is 11.6. The highest BCUT2D eigenvalue weighted by Gasteiger charge is 2.16. The van der Waals surface area contributed by atoms with Gasteiger partial charge in [-0.2, -0.15) is 0 Å². The van der Waals surface area contributed by atoms with E-state index in [2.05, 4.69) is 27.7 Å². The molecule has 0 bridgehead atoms. The van der Waals surface area contributed by atoms with Crippen molar-refractivity contribution in [3.63, 3.8) is 0 Å². The molecule has 0 spiro atoms. The lowest BCUT2D eigenvalue weighted by Crippen LogP contribution is -2.35. The van der Waals surface area contributed by atoms with Crippen LogP contribution in [0.1, 0.15) is 22.4 Å². The summed E-state index contributed by atoms with van der Waals surface area (Å²) >= 11 is 0. The van der Waals surface area contributed by atoms with Gasteiger partial charge in [0.15, 0.2) is 0 Å². The number of aromatic nitrogens is 1. The third-order valence-electron chi connectivity index (χ3n) is 5.85. The van der Waals surface area contributed by atoms with E-state index in [0.29, 0.717) is 31.7 Å². The lowest BCUT2D eigenvalue weighted by Gasteiger charge is -2.26. The summed E-state index contributed by atoms with van der Waals surface area (Å²) in [5.74, 6) is 0.585. The molecule has 1 atom stereocenters. The number of aliphatic hydroxyl groups excluding tert-OH is 1. The van der Waals surface area contributed by atoms with E-state index in [1.807, 2.05) is 73.8 Å². The van der Waals surface area contributed by atoms with Crippen LogP contribution in [0.3, 0.4) is 0 Å². The van der Waals surface area contributed by atoms with Crippen LogP contribution in [0.15, 0.2) is 97.2 Å². The standard InChI is InChI=1S/C29H31FN2O2/c1-23-10-5-8-16-29(23)34-22-27(33)21-31(18-24-11-3-2-4-12-24)20-26-14-9-17-32(26)19-25-13-6-7-15-28(25)30/h2-17,27,33H,18-22H2,1H3. The second-order valence-corrected chi connectivity index (χ2v) is 8.60. The molecule has 1 N–H and O–H groups in total. The fraction of sp³-hybridized carbons (Fsp3) is 0.241. The lowest BCUT2D eigenvalue weighted by molar-refractivity contribution is 0.0618. The Morgan fingerprint density at radius 3 is 2.41 bits per heavy atom. The largest absolute Gasteiger partial charge is 0.491 e. The quantitative estimate of drug-likeness (QED) is 0.326. The van der Waals surface area contributed by atoms with Gasteiger partial charge < -0.3 is 14.4 Å². The highest BCUT2D eigenvalue weighted by Crippen LogP contribution is 2.18. The molecule has 0 fully saturated rings. The molecule has 5 heteroatoms. The number of hydrogen-bond donors (Lipinski definition) is 1. The van der Waals surface area contributed by atoms with Crippen molar-refractivity contribution in [3.05, 3.63) is 125 Å². The van der Waals surface area contributed by atoms with Gasteiger partial charge in [-0.15, -0.1) is 0 Å². The van der Waals surface area contributed by atoms with Gasteiger partial charge in [0.25, 0.3) is 0 Å². The summed E-state index contributed by atoms with van der Waals surface area (Å²) in [5.41, 5.74) is 3.93. The molecule has 4 nitrogen and oxygen atoms in total. The van der Waals surface area contributed by atoms with Crippen molar-refractivity contribution in [1.29, 1.82) is 0 Å². The Hall–Kier alpha value is -3.41. The second kappa shape index (κ2) is 11.6. The molecule has 1 unspecified atom stereocenters. The van der Waals surface area contributed by atoms with Crippen molar-refractivity contribution in [2.75, 3.05) is 13.2 Å². The summed E-state index contributed by atoms with van der Waals surface area (Å²) in [6.45, 7) is 4.43. The zero-order chi connectivity index (χ0) is 23.8. The molecule has 0 aliphatic rings. The number of benzene rings is 3. The molecule has 0 aliphatic heterocycles. The Bertz CT molecular complexity index is 1180. The Labute approximate surface area is 200 Å². The molecule has 3 aromatic carbocycles. The summed E-state index contributed by atoms with van der Waals surface area (Å²) in [6.07, 6.45) is 1.32. The summed E-state index contributed by atoms with van der Waals surface area (Å²) < 4.78 is 22.2. The van der Waals surface area contributed by atoms with Crippen LogP contribution in [-0.4, -0.2) is 33.8 Å². The van der Waals surface area contributed by atoms with Crippen molar-refractivity contribution in [2.45, 2.75) is 32.7 Å². The topological polar surface area (TPSA) is 37.6 Å². The Kier molecular flexibility index (Phi) is 8.12. The number of aliphatic hydroxyl groups is 1. The highest BCUT2D eigenvalue weighted by atomic mass is 19.1. The van der Waals surface area contributed by atoms with Crippen LogP contribution in [-0.2, 0) is 19.6 Å². The summed E-state index contributed by atoms with van der Waals surface area (Å²) in [5, 5.41) is 10.8. The molecule has 4 aromatic rings. The minimum absolute atomic E-state index is 0.202. The fourth-order valence-electron chi connectivity index (χ4n) is 4.07. The number of ether oxygens (including phenoxy) is 1. The fourth-order valence-corrected chi connectivity index (χ4v) is 4.07. The second-order valence-electron chi connectivity index (χ2n) is 8.60. The van der Waals surface area contributed by atoms with Gasteiger partial charge in [-0.3, -0.25) is 4.90 Å². The number of halogens is 1. The van der Waals surface area contributed by atoms with Crippen molar-refractivity contribution in [2.24, 2.45) is 0 Å². The number of rotatable bonds is 11. The maximum atomic E-state index is 14.2. The predicted molar refractivity (Wildman–Crippen MR) is 133 cm³/mol. The van der Waals surface area contributed by atoms with Gasteiger partial charge in [-0.25, -0.2) is 4.39 Å². The molecular formula is C29H31FN2O2. The molecule has 34 heavy (non-hydrogen) atoms. The third kappa shape index (κ3) is 6.56. The van der Waals surface area contributed by atoms with E-state index in [0.717, 1.165) is 17.0 Å². The molecular weight excluding hydrogens is 427 g/mol. The van der Waals surface area contributed by atoms with Gasteiger partial charge in [0.05, 0.1) is 6.54 Å². The molecule has 1 heterocycles. The van der Waals surface area contributed by atoms with Crippen molar-refractivity contribution >= 4 is 0 Å². The number of hydrogen-bond acceptors (Lipinski definition) is 3. The molecule has 0 amide bonds. The van der Waals surface area contributed by atoms with Crippen molar-refractivity contribution in [3.8, 4) is 5.75 Å². The smallest absolute Gasteiger partial charge is 0.128 e. The molecule has 0 saturated heterocycles. The van der Waals surface area contributed by atoms with Crippen molar-refractivity contribution < 1.29 is 14.2 Å².